The van der Waals surface area contributed by atoms with E-state index >= 15 is 0 Å². The van der Waals surface area contributed by atoms with Gasteiger partial charge in [0.15, 0.2) is 11.6 Å². The van der Waals surface area contributed by atoms with Crippen LogP contribution in [0.25, 0.3) is 16.2 Å². The zero-order chi connectivity index (χ0) is 13.3. The SMILES string of the molecule is CC(=O)C(=Cc1csc2c(Cl)cccc12)C(C)=O. The molecule has 0 aliphatic heterocycles. The number of rotatable bonds is 3. The highest BCUT2D eigenvalue weighted by molar-refractivity contribution is 7.18. The molecule has 0 bridgehead atoms. The van der Waals surface area contributed by atoms with Gasteiger partial charge in [-0.15, -0.1) is 11.3 Å². The van der Waals surface area contributed by atoms with E-state index in [1.807, 2.05) is 23.6 Å². The molecule has 0 radical (unpaired) electrons. The molecule has 1 heterocycles. The Bertz CT molecular complexity index is 651. The van der Waals surface area contributed by atoms with Gasteiger partial charge in [-0.05, 0) is 36.9 Å². The van der Waals surface area contributed by atoms with Crippen molar-refractivity contribution in [3.63, 3.8) is 0 Å². The summed E-state index contributed by atoms with van der Waals surface area (Å²) in [5.41, 5.74) is 1.08. The molecular formula is C14H11ClO2S. The van der Waals surface area contributed by atoms with E-state index in [2.05, 4.69) is 0 Å². The third-order valence-corrected chi connectivity index (χ3v) is 4.11. The Kier molecular flexibility index (Phi) is 3.64. The number of Topliss-reactive ketones (excluding diaryl/α,β-unsaturated/α-hetero) is 2. The topological polar surface area (TPSA) is 34.1 Å². The molecule has 0 unspecified atom stereocenters. The van der Waals surface area contributed by atoms with Gasteiger partial charge in [0.1, 0.15) is 0 Å². The van der Waals surface area contributed by atoms with E-state index in [4.69, 9.17) is 11.6 Å². The second kappa shape index (κ2) is 5.04. The summed E-state index contributed by atoms with van der Waals surface area (Å²) in [6.07, 6.45) is 1.64. The van der Waals surface area contributed by atoms with E-state index in [0.29, 0.717) is 5.02 Å². The van der Waals surface area contributed by atoms with Crippen LogP contribution < -0.4 is 0 Å². The first-order valence-corrected chi connectivity index (χ1v) is 6.65. The van der Waals surface area contributed by atoms with Crippen molar-refractivity contribution in [3.05, 3.63) is 39.7 Å². The summed E-state index contributed by atoms with van der Waals surface area (Å²) >= 11 is 7.59. The lowest BCUT2D eigenvalue weighted by molar-refractivity contribution is -0.119. The van der Waals surface area contributed by atoms with Crippen molar-refractivity contribution in [1.29, 1.82) is 0 Å². The minimum absolute atomic E-state index is 0.217. The summed E-state index contributed by atoms with van der Waals surface area (Å²) in [6, 6.07) is 5.61. The molecule has 0 aliphatic rings. The molecule has 2 rings (SSSR count). The molecule has 0 N–H and O–H groups in total. The van der Waals surface area contributed by atoms with Crippen LogP contribution in [0, 0.1) is 0 Å². The number of halogens is 1. The summed E-state index contributed by atoms with van der Waals surface area (Å²) in [6.45, 7) is 2.80. The van der Waals surface area contributed by atoms with E-state index in [1.54, 1.807) is 6.08 Å². The highest BCUT2D eigenvalue weighted by Crippen LogP contribution is 2.33. The van der Waals surface area contributed by atoms with Gasteiger partial charge < -0.3 is 0 Å². The van der Waals surface area contributed by atoms with Crippen LogP contribution in [0.5, 0.6) is 0 Å². The average Bonchev–Trinajstić information content (AvgIpc) is 2.69. The second-order valence-corrected chi connectivity index (χ2v) is 5.26. The summed E-state index contributed by atoms with van der Waals surface area (Å²) in [5.74, 6) is -0.437. The summed E-state index contributed by atoms with van der Waals surface area (Å²) in [7, 11) is 0. The van der Waals surface area contributed by atoms with Gasteiger partial charge in [0.2, 0.25) is 0 Å². The molecule has 0 fully saturated rings. The molecule has 1 aromatic heterocycles. The smallest absolute Gasteiger partial charge is 0.163 e. The molecule has 18 heavy (non-hydrogen) atoms. The molecule has 0 aliphatic carbocycles. The number of benzene rings is 1. The maximum absolute atomic E-state index is 11.4. The number of fused-ring (bicyclic) bond motifs is 1. The summed E-state index contributed by atoms with van der Waals surface area (Å²) in [5, 5.41) is 3.56. The van der Waals surface area contributed by atoms with E-state index in [0.717, 1.165) is 15.6 Å². The maximum Gasteiger partial charge on any atom is 0.163 e. The molecule has 0 atom stereocenters. The van der Waals surface area contributed by atoms with Crippen LogP contribution >= 0.6 is 22.9 Å². The van der Waals surface area contributed by atoms with E-state index in [9.17, 15) is 9.59 Å². The fourth-order valence-electron chi connectivity index (χ4n) is 1.76. The molecule has 0 spiro atoms. The Balaban J connectivity index is 2.62. The number of allylic oxidation sites excluding steroid dienone is 1. The number of carbonyl (C=O) groups excluding carboxylic acids is 2. The van der Waals surface area contributed by atoms with Gasteiger partial charge in [0, 0.05) is 5.39 Å². The van der Waals surface area contributed by atoms with Crippen molar-refractivity contribution in [3.8, 4) is 0 Å². The van der Waals surface area contributed by atoms with Gasteiger partial charge in [0.05, 0.1) is 15.3 Å². The van der Waals surface area contributed by atoms with Gasteiger partial charge in [-0.1, -0.05) is 23.7 Å². The number of hydrogen-bond acceptors (Lipinski definition) is 3. The van der Waals surface area contributed by atoms with Crippen LogP contribution in [0.2, 0.25) is 5.02 Å². The lowest BCUT2D eigenvalue weighted by Gasteiger charge is -1.98. The zero-order valence-corrected chi connectivity index (χ0v) is 11.6. The Morgan fingerprint density at radius 3 is 2.50 bits per heavy atom. The highest BCUT2D eigenvalue weighted by atomic mass is 35.5. The monoisotopic (exact) mass is 278 g/mol. The van der Waals surface area contributed by atoms with Crippen molar-refractivity contribution < 1.29 is 9.59 Å². The zero-order valence-electron chi connectivity index (χ0n) is 9.99. The maximum atomic E-state index is 11.4. The van der Waals surface area contributed by atoms with Gasteiger partial charge in [-0.2, -0.15) is 0 Å². The Hall–Kier alpha value is -1.45. The second-order valence-electron chi connectivity index (χ2n) is 3.98. The van der Waals surface area contributed by atoms with Gasteiger partial charge in [-0.25, -0.2) is 0 Å². The predicted molar refractivity (Wildman–Crippen MR) is 76.2 cm³/mol. The quantitative estimate of drug-likeness (QED) is 0.481. The van der Waals surface area contributed by atoms with Gasteiger partial charge in [-0.3, -0.25) is 9.59 Å². The third kappa shape index (κ3) is 2.37. The molecular weight excluding hydrogens is 268 g/mol. The van der Waals surface area contributed by atoms with Crippen LogP contribution in [0.1, 0.15) is 19.4 Å². The highest BCUT2D eigenvalue weighted by Gasteiger charge is 2.12. The van der Waals surface area contributed by atoms with E-state index in [-0.39, 0.29) is 17.1 Å². The van der Waals surface area contributed by atoms with Crippen molar-refractivity contribution in [2.24, 2.45) is 0 Å². The summed E-state index contributed by atoms with van der Waals surface area (Å²) in [4.78, 5) is 22.8. The molecule has 2 nitrogen and oxygen atoms in total. The lowest BCUT2D eigenvalue weighted by Crippen LogP contribution is -2.05. The predicted octanol–water partition coefficient (Wildman–Crippen LogP) is 4.12. The number of thiophene rings is 1. The van der Waals surface area contributed by atoms with Crippen molar-refractivity contribution in [1.82, 2.24) is 0 Å². The van der Waals surface area contributed by atoms with Crippen LogP contribution in [0.4, 0.5) is 0 Å². The molecule has 0 saturated heterocycles. The van der Waals surface area contributed by atoms with Crippen molar-refractivity contribution >= 4 is 50.7 Å². The summed E-state index contributed by atoms with van der Waals surface area (Å²) < 4.78 is 0.969. The number of ketones is 2. The molecule has 0 amide bonds. The van der Waals surface area contributed by atoms with Crippen molar-refractivity contribution in [2.75, 3.05) is 0 Å². The van der Waals surface area contributed by atoms with Gasteiger partial charge in [0.25, 0.3) is 0 Å². The fourth-order valence-corrected chi connectivity index (χ4v) is 3.00. The van der Waals surface area contributed by atoms with Crippen LogP contribution in [-0.2, 0) is 9.59 Å². The minimum Gasteiger partial charge on any atom is -0.294 e. The lowest BCUT2D eigenvalue weighted by atomic mass is 10.0. The fraction of sp³-hybridized carbons (Fsp3) is 0.143. The van der Waals surface area contributed by atoms with E-state index < -0.39 is 0 Å². The Morgan fingerprint density at radius 1 is 1.22 bits per heavy atom. The van der Waals surface area contributed by atoms with Crippen LogP contribution in [-0.4, -0.2) is 11.6 Å². The number of hydrogen-bond donors (Lipinski definition) is 0. The van der Waals surface area contributed by atoms with Crippen LogP contribution in [0.3, 0.4) is 0 Å². The first-order chi connectivity index (χ1) is 8.50. The van der Waals surface area contributed by atoms with Crippen molar-refractivity contribution in [2.45, 2.75) is 13.8 Å². The molecule has 2 aromatic rings. The first kappa shape index (κ1) is 13.0. The minimum atomic E-state index is -0.219. The average molecular weight is 279 g/mol. The Labute approximate surface area is 114 Å². The molecule has 92 valence electrons. The van der Waals surface area contributed by atoms with Gasteiger partial charge >= 0.3 is 0 Å². The Morgan fingerprint density at radius 2 is 1.89 bits per heavy atom. The largest absolute Gasteiger partial charge is 0.294 e. The molecule has 0 saturated carbocycles. The number of carbonyl (C=O) groups is 2. The standard InChI is InChI=1S/C14H11ClO2S/c1-8(16)12(9(2)17)6-10-7-18-14-11(10)4-3-5-13(14)15/h3-7H,1-2H3. The van der Waals surface area contributed by atoms with E-state index in [1.165, 1.54) is 25.2 Å². The third-order valence-electron chi connectivity index (χ3n) is 2.64. The molecule has 4 heteroatoms. The van der Waals surface area contributed by atoms with Crippen LogP contribution in [0.15, 0.2) is 29.2 Å². The molecule has 1 aromatic carbocycles. The first-order valence-electron chi connectivity index (χ1n) is 5.40. The normalized spacial score (nSPS) is 10.4.